The van der Waals surface area contributed by atoms with Gasteiger partial charge in [-0.25, -0.2) is 18.5 Å². The van der Waals surface area contributed by atoms with E-state index >= 15 is 0 Å². The molecule has 0 saturated carbocycles. The van der Waals surface area contributed by atoms with Gasteiger partial charge in [-0.05, 0) is 12.1 Å². The van der Waals surface area contributed by atoms with Gasteiger partial charge >= 0.3 is 0 Å². The van der Waals surface area contributed by atoms with Crippen LogP contribution in [0.3, 0.4) is 0 Å². The maximum atomic E-state index is 11.7. The molecule has 1 saturated heterocycles. The number of nitrogens with zero attached hydrogens (tertiary/aromatic N) is 2. The van der Waals surface area contributed by atoms with Crippen LogP contribution >= 0.6 is 11.6 Å². The number of sulfonamides is 1. The van der Waals surface area contributed by atoms with Gasteiger partial charge < -0.3 is 0 Å². The van der Waals surface area contributed by atoms with Gasteiger partial charge in [-0.2, -0.15) is 0 Å². The summed E-state index contributed by atoms with van der Waals surface area (Å²) in [5.41, 5.74) is 0. The Morgan fingerprint density at radius 2 is 2.24 bits per heavy atom. The summed E-state index contributed by atoms with van der Waals surface area (Å²) >= 11 is 5.89. The third-order valence-electron chi connectivity index (χ3n) is 2.55. The fourth-order valence-electron chi connectivity index (χ4n) is 1.68. The number of primary sulfonamides is 1. The highest BCUT2D eigenvalue weighted by molar-refractivity contribution is 7.89. The van der Waals surface area contributed by atoms with Crippen molar-refractivity contribution in [3.05, 3.63) is 23.4 Å². The van der Waals surface area contributed by atoms with Crippen LogP contribution in [0.4, 0.5) is 5.82 Å². The van der Waals surface area contributed by atoms with E-state index in [0.29, 0.717) is 5.02 Å². The molecule has 1 atom stereocenters. The predicted octanol–water partition coefficient (Wildman–Crippen LogP) is 0.129. The normalized spacial score (nSPS) is 20.9. The number of carbonyl (C=O) groups excluding carboxylic acids is 1. The van der Waals surface area contributed by atoms with E-state index in [0.717, 1.165) is 0 Å². The number of anilines is 1. The summed E-state index contributed by atoms with van der Waals surface area (Å²) in [4.78, 5) is 16.9. The van der Waals surface area contributed by atoms with Crippen molar-refractivity contribution in [1.82, 2.24) is 4.98 Å². The lowest BCUT2D eigenvalue weighted by atomic mass is 10.4. The molecule has 1 aliphatic rings. The third kappa shape index (κ3) is 2.41. The number of nitrogens with two attached hydrogens (primary N) is 1. The van der Waals surface area contributed by atoms with Crippen molar-refractivity contribution >= 4 is 33.3 Å². The Balaban J connectivity index is 2.31. The van der Waals surface area contributed by atoms with E-state index in [1.165, 1.54) is 11.1 Å². The topological polar surface area (TPSA) is 93.4 Å². The van der Waals surface area contributed by atoms with Crippen LogP contribution in [-0.2, 0) is 14.8 Å². The van der Waals surface area contributed by atoms with Crippen molar-refractivity contribution in [3.8, 4) is 0 Å². The van der Waals surface area contributed by atoms with Crippen molar-refractivity contribution in [2.45, 2.75) is 11.7 Å². The summed E-state index contributed by atoms with van der Waals surface area (Å²) < 4.78 is 22.4. The minimum Gasteiger partial charge on any atom is -0.294 e. The molecule has 0 bridgehead atoms. The standard InChI is InChI=1S/C9H10ClN3O3S/c10-7-2-1-3-12-9(7)13-5-6(4-8(13)14)17(11,15)16/h1-3,6H,4-5H2,(H2,11,15,16). The Hall–Kier alpha value is -1.18. The minimum atomic E-state index is -3.72. The van der Waals surface area contributed by atoms with Crippen LogP contribution in [0, 0.1) is 0 Å². The molecule has 2 heterocycles. The molecule has 2 N–H and O–H groups in total. The number of hydrogen-bond acceptors (Lipinski definition) is 4. The molecule has 1 unspecified atom stereocenters. The van der Waals surface area contributed by atoms with Crippen LogP contribution < -0.4 is 10.0 Å². The zero-order valence-corrected chi connectivity index (χ0v) is 10.3. The Morgan fingerprint density at radius 3 is 2.76 bits per heavy atom. The molecule has 1 aromatic heterocycles. The number of aromatic nitrogens is 1. The van der Waals surface area contributed by atoms with E-state index in [4.69, 9.17) is 16.7 Å². The second kappa shape index (κ2) is 4.25. The average molecular weight is 276 g/mol. The highest BCUT2D eigenvalue weighted by atomic mass is 35.5. The number of halogens is 1. The fraction of sp³-hybridized carbons (Fsp3) is 0.333. The summed E-state index contributed by atoms with van der Waals surface area (Å²) in [6, 6.07) is 3.21. The maximum Gasteiger partial charge on any atom is 0.229 e. The molecule has 8 heteroatoms. The molecule has 0 spiro atoms. The van der Waals surface area contributed by atoms with Gasteiger partial charge in [0, 0.05) is 19.2 Å². The SMILES string of the molecule is NS(=O)(=O)C1CC(=O)N(c2ncccc2Cl)C1. The summed E-state index contributed by atoms with van der Waals surface area (Å²) in [5.74, 6) is -0.0741. The highest BCUT2D eigenvalue weighted by Gasteiger charge is 2.38. The van der Waals surface area contributed by atoms with Crippen molar-refractivity contribution in [2.24, 2.45) is 5.14 Å². The first-order chi connectivity index (χ1) is 7.89. The van der Waals surface area contributed by atoms with E-state index in [2.05, 4.69) is 4.98 Å². The van der Waals surface area contributed by atoms with Gasteiger partial charge in [0.25, 0.3) is 0 Å². The molecule has 2 rings (SSSR count). The molecular formula is C9H10ClN3O3S. The average Bonchev–Trinajstić information content (AvgIpc) is 2.61. The van der Waals surface area contributed by atoms with Crippen LogP contribution in [0.1, 0.15) is 6.42 Å². The van der Waals surface area contributed by atoms with Gasteiger partial charge in [0.1, 0.15) is 5.25 Å². The zero-order chi connectivity index (χ0) is 12.6. The number of amides is 1. The molecule has 1 aromatic rings. The smallest absolute Gasteiger partial charge is 0.229 e. The second-order valence-corrected chi connectivity index (χ2v) is 5.98. The highest BCUT2D eigenvalue weighted by Crippen LogP contribution is 2.28. The largest absolute Gasteiger partial charge is 0.294 e. The Morgan fingerprint density at radius 1 is 1.53 bits per heavy atom. The van der Waals surface area contributed by atoms with E-state index in [9.17, 15) is 13.2 Å². The molecule has 92 valence electrons. The Kier molecular flexibility index (Phi) is 3.07. The van der Waals surface area contributed by atoms with Crippen LogP contribution in [0.15, 0.2) is 18.3 Å². The molecular weight excluding hydrogens is 266 g/mol. The van der Waals surface area contributed by atoms with Crippen LogP contribution in [0.5, 0.6) is 0 Å². The van der Waals surface area contributed by atoms with E-state index < -0.39 is 15.3 Å². The van der Waals surface area contributed by atoms with Crippen molar-refractivity contribution in [1.29, 1.82) is 0 Å². The van der Waals surface area contributed by atoms with Crippen molar-refractivity contribution < 1.29 is 13.2 Å². The fourth-order valence-corrected chi connectivity index (χ4v) is 2.63. The summed E-state index contributed by atoms with van der Waals surface area (Å²) in [6.45, 7) is -0.00556. The molecule has 0 aliphatic carbocycles. The van der Waals surface area contributed by atoms with Gasteiger partial charge in [0.15, 0.2) is 5.82 Å². The van der Waals surface area contributed by atoms with E-state index in [1.54, 1.807) is 12.1 Å². The van der Waals surface area contributed by atoms with Crippen LogP contribution in [0.2, 0.25) is 5.02 Å². The number of rotatable bonds is 2. The molecule has 1 amide bonds. The first-order valence-electron chi connectivity index (χ1n) is 4.82. The monoisotopic (exact) mass is 275 g/mol. The molecule has 1 aliphatic heterocycles. The molecule has 1 fully saturated rings. The molecule has 0 radical (unpaired) electrons. The Bertz CT molecular complexity index is 560. The van der Waals surface area contributed by atoms with Crippen LogP contribution in [0.25, 0.3) is 0 Å². The van der Waals surface area contributed by atoms with Gasteiger partial charge in [-0.3, -0.25) is 9.69 Å². The quantitative estimate of drug-likeness (QED) is 0.830. The Labute approximate surface area is 103 Å². The lowest BCUT2D eigenvalue weighted by molar-refractivity contribution is -0.117. The summed E-state index contributed by atoms with van der Waals surface area (Å²) in [6.07, 6.45) is 1.35. The van der Waals surface area contributed by atoms with Gasteiger partial charge in [-0.1, -0.05) is 11.6 Å². The number of carbonyl (C=O) groups is 1. The first-order valence-corrected chi connectivity index (χ1v) is 6.81. The summed E-state index contributed by atoms with van der Waals surface area (Å²) in [7, 11) is -3.72. The molecule has 17 heavy (non-hydrogen) atoms. The first kappa shape index (κ1) is 12.3. The second-order valence-electron chi connectivity index (χ2n) is 3.73. The summed E-state index contributed by atoms with van der Waals surface area (Å²) in [5, 5.41) is 4.43. The molecule has 6 nitrogen and oxygen atoms in total. The van der Waals surface area contributed by atoms with Gasteiger partial charge in [0.2, 0.25) is 15.9 Å². The zero-order valence-electron chi connectivity index (χ0n) is 8.71. The lowest BCUT2D eigenvalue weighted by Gasteiger charge is -2.15. The van der Waals surface area contributed by atoms with Gasteiger partial charge in [-0.15, -0.1) is 0 Å². The van der Waals surface area contributed by atoms with E-state index in [-0.39, 0.29) is 24.7 Å². The number of hydrogen-bond donors (Lipinski definition) is 1. The van der Waals surface area contributed by atoms with Crippen molar-refractivity contribution in [2.75, 3.05) is 11.4 Å². The third-order valence-corrected chi connectivity index (χ3v) is 4.09. The van der Waals surface area contributed by atoms with Crippen LogP contribution in [-0.4, -0.2) is 31.1 Å². The predicted molar refractivity (Wildman–Crippen MR) is 63.1 cm³/mol. The van der Waals surface area contributed by atoms with E-state index in [1.807, 2.05) is 0 Å². The van der Waals surface area contributed by atoms with Crippen molar-refractivity contribution in [3.63, 3.8) is 0 Å². The lowest BCUT2D eigenvalue weighted by Crippen LogP contribution is -2.32. The van der Waals surface area contributed by atoms with Gasteiger partial charge in [0.05, 0.1) is 5.02 Å². The maximum absolute atomic E-state index is 11.7. The molecule has 0 aromatic carbocycles. The number of pyridine rings is 1. The minimum absolute atomic E-state index is 0.00556.